The van der Waals surface area contributed by atoms with Crippen LogP contribution in [0.15, 0.2) is 11.6 Å². The van der Waals surface area contributed by atoms with Gasteiger partial charge in [-0.3, -0.25) is 0 Å². The van der Waals surface area contributed by atoms with E-state index in [-0.39, 0.29) is 6.09 Å². The van der Waals surface area contributed by atoms with Crippen LogP contribution in [0, 0.1) is 5.92 Å². The lowest BCUT2D eigenvalue weighted by Gasteiger charge is -2.34. The number of hydrogen-bond donors (Lipinski definition) is 0. The summed E-state index contributed by atoms with van der Waals surface area (Å²) in [6.07, 6.45) is 8.02. The van der Waals surface area contributed by atoms with Gasteiger partial charge in [0.25, 0.3) is 0 Å². The van der Waals surface area contributed by atoms with E-state index in [1.165, 1.54) is 32.1 Å². The highest BCUT2D eigenvalue weighted by Crippen LogP contribution is 2.24. The maximum Gasteiger partial charge on any atom is 0.409 e. The molecule has 1 saturated carbocycles. The van der Waals surface area contributed by atoms with Crippen LogP contribution in [0.1, 0.15) is 32.1 Å². The van der Waals surface area contributed by atoms with E-state index in [0.717, 1.165) is 31.3 Å². The number of carbonyl (C=O) groups is 1. The number of rotatable bonds is 3. The molecule has 1 aliphatic heterocycles. The summed E-state index contributed by atoms with van der Waals surface area (Å²) in [4.78, 5) is 20.5. The molecule has 1 aromatic heterocycles. The summed E-state index contributed by atoms with van der Waals surface area (Å²) in [7, 11) is 0. The van der Waals surface area contributed by atoms with Crippen LogP contribution in [-0.4, -0.2) is 48.8 Å². The van der Waals surface area contributed by atoms with Crippen molar-refractivity contribution < 1.29 is 9.53 Å². The zero-order valence-electron chi connectivity index (χ0n) is 12.4. The Labute approximate surface area is 129 Å². The Balaban J connectivity index is 1.40. The van der Waals surface area contributed by atoms with Crippen LogP contribution < -0.4 is 4.90 Å². The Bertz CT molecular complexity index is 438. The zero-order chi connectivity index (χ0) is 14.5. The first-order valence-corrected chi connectivity index (χ1v) is 8.77. The summed E-state index contributed by atoms with van der Waals surface area (Å²) in [5.41, 5.74) is 0. The van der Waals surface area contributed by atoms with Gasteiger partial charge in [-0.15, -0.1) is 11.3 Å². The van der Waals surface area contributed by atoms with Crippen LogP contribution in [0.2, 0.25) is 0 Å². The van der Waals surface area contributed by atoms with Crippen molar-refractivity contribution >= 4 is 22.6 Å². The van der Waals surface area contributed by atoms with Crippen LogP contribution in [0.5, 0.6) is 0 Å². The number of anilines is 1. The number of nitrogens with zero attached hydrogens (tertiary/aromatic N) is 3. The van der Waals surface area contributed by atoms with Crippen molar-refractivity contribution in [3.8, 4) is 0 Å². The number of thiazole rings is 1. The predicted octanol–water partition coefficient (Wildman–Crippen LogP) is 2.98. The second kappa shape index (κ2) is 7.11. The van der Waals surface area contributed by atoms with E-state index >= 15 is 0 Å². The fraction of sp³-hybridized carbons (Fsp3) is 0.733. The normalized spacial score (nSPS) is 20.6. The molecule has 0 radical (unpaired) electrons. The second-order valence-electron chi connectivity index (χ2n) is 5.87. The van der Waals surface area contributed by atoms with Crippen molar-refractivity contribution in [2.24, 2.45) is 5.92 Å². The average molecular weight is 309 g/mol. The third-order valence-corrected chi connectivity index (χ3v) is 5.23. The van der Waals surface area contributed by atoms with Crippen molar-refractivity contribution in [1.29, 1.82) is 0 Å². The SMILES string of the molecule is O=C(OCC1CCCCC1)N1CCN(c2nccs2)CC1. The Hall–Kier alpha value is -1.30. The number of carbonyl (C=O) groups excluding carboxylic acids is 1. The lowest BCUT2D eigenvalue weighted by atomic mass is 9.90. The van der Waals surface area contributed by atoms with Gasteiger partial charge in [0.15, 0.2) is 5.13 Å². The molecule has 2 aliphatic rings. The van der Waals surface area contributed by atoms with Crippen molar-refractivity contribution in [2.45, 2.75) is 32.1 Å². The van der Waals surface area contributed by atoms with Crippen LogP contribution in [0.4, 0.5) is 9.93 Å². The first-order chi connectivity index (χ1) is 10.3. The molecule has 0 bridgehead atoms. The van der Waals surface area contributed by atoms with Gasteiger partial charge in [-0.25, -0.2) is 9.78 Å². The molecule has 21 heavy (non-hydrogen) atoms. The fourth-order valence-corrected chi connectivity index (χ4v) is 3.78. The highest BCUT2D eigenvalue weighted by atomic mass is 32.1. The molecule has 2 heterocycles. The third kappa shape index (κ3) is 3.87. The first-order valence-electron chi connectivity index (χ1n) is 7.89. The van der Waals surface area contributed by atoms with E-state index in [1.54, 1.807) is 11.3 Å². The van der Waals surface area contributed by atoms with Gasteiger partial charge in [0.05, 0.1) is 6.61 Å². The van der Waals surface area contributed by atoms with Gasteiger partial charge in [-0.05, 0) is 18.8 Å². The average Bonchev–Trinajstić information content (AvgIpc) is 3.08. The van der Waals surface area contributed by atoms with Crippen molar-refractivity contribution in [1.82, 2.24) is 9.88 Å². The minimum absolute atomic E-state index is 0.139. The molecular weight excluding hydrogens is 286 g/mol. The van der Waals surface area contributed by atoms with E-state index in [9.17, 15) is 4.79 Å². The number of hydrogen-bond acceptors (Lipinski definition) is 5. The van der Waals surface area contributed by atoms with Gasteiger partial charge in [0, 0.05) is 37.8 Å². The Morgan fingerprint density at radius 3 is 2.67 bits per heavy atom. The summed E-state index contributed by atoms with van der Waals surface area (Å²) >= 11 is 1.65. The molecule has 1 amide bonds. The van der Waals surface area contributed by atoms with Gasteiger partial charge >= 0.3 is 6.09 Å². The molecule has 6 heteroatoms. The summed E-state index contributed by atoms with van der Waals surface area (Å²) < 4.78 is 5.50. The molecule has 0 spiro atoms. The molecule has 1 saturated heterocycles. The largest absolute Gasteiger partial charge is 0.449 e. The Morgan fingerprint density at radius 2 is 2.00 bits per heavy atom. The van der Waals surface area contributed by atoms with E-state index in [4.69, 9.17) is 4.74 Å². The molecule has 1 aliphatic carbocycles. The maximum absolute atomic E-state index is 12.1. The van der Waals surface area contributed by atoms with Crippen LogP contribution >= 0.6 is 11.3 Å². The van der Waals surface area contributed by atoms with Crippen molar-refractivity contribution in [2.75, 3.05) is 37.7 Å². The molecule has 0 unspecified atom stereocenters. The minimum atomic E-state index is -0.139. The van der Waals surface area contributed by atoms with Crippen molar-refractivity contribution in [3.63, 3.8) is 0 Å². The lowest BCUT2D eigenvalue weighted by molar-refractivity contribution is 0.0787. The Kier molecular flexibility index (Phi) is 4.95. The van der Waals surface area contributed by atoms with Gasteiger partial charge in [-0.1, -0.05) is 19.3 Å². The van der Waals surface area contributed by atoms with E-state index in [0.29, 0.717) is 12.5 Å². The molecule has 116 valence electrons. The fourth-order valence-electron chi connectivity index (χ4n) is 3.09. The zero-order valence-corrected chi connectivity index (χ0v) is 13.2. The van der Waals surface area contributed by atoms with Gasteiger partial charge in [0.1, 0.15) is 0 Å². The molecule has 0 N–H and O–H groups in total. The number of piperazine rings is 1. The summed E-state index contributed by atoms with van der Waals surface area (Å²) in [5.74, 6) is 0.583. The van der Waals surface area contributed by atoms with E-state index in [1.807, 2.05) is 16.5 Å². The predicted molar refractivity (Wildman–Crippen MR) is 83.8 cm³/mol. The second-order valence-corrected chi connectivity index (χ2v) is 6.74. The highest BCUT2D eigenvalue weighted by molar-refractivity contribution is 7.13. The monoisotopic (exact) mass is 309 g/mol. The summed E-state index contributed by atoms with van der Waals surface area (Å²) in [6.45, 7) is 3.73. The summed E-state index contributed by atoms with van der Waals surface area (Å²) in [5, 5.41) is 3.03. The highest BCUT2D eigenvalue weighted by Gasteiger charge is 2.24. The topological polar surface area (TPSA) is 45.7 Å². The third-order valence-electron chi connectivity index (χ3n) is 4.39. The first kappa shape index (κ1) is 14.6. The maximum atomic E-state index is 12.1. The van der Waals surface area contributed by atoms with E-state index in [2.05, 4.69) is 9.88 Å². The van der Waals surface area contributed by atoms with Gasteiger partial charge < -0.3 is 14.5 Å². The van der Waals surface area contributed by atoms with Crippen LogP contribution in [0.3, 0.4) is 0 Å². The molecular formula is C15H23N3O2S. The van der Waals surface area contributed by atoms with Crippen LogP contribution in [-0.2, 0) is 4.74 Å². The van der Waals surface area contributed by atoms with Gasteiger partial charge in [0.2, 0.25) is 0 Å². The number of amides is 1. The van der Waals surface area contributed by atoms with E-state index < -0.39 is 0 Å². The smallest absolute Gasteiger partial charge is 0.409 e. The Morgan fingerprint density at radius 1 is 1.24 bits per heavy atom. The standard InChI is InChI=1S/C15H23N3O2S/c19-15(20-12-13-4-2-1-3-5-13)18-9-7-17(8-10-18)14-16-6-11-21-14/h6,11,13H,1-5,7-10,12H2. The molecule has 5 nitrogen and oxygen atoms in total. The molecule has 2 fully saturated rings. The van der Waals surface area contributed by atoms with Crippen molar-refractivity contribution in [3.05, 3.63) is 11.6 Å². The molecule has 0 atom stereocenters. The van der Waals surface area contributed by atoms with Gasteiger partial charge in [-0.2, -0.15) is 0 Å². The molecule has 1 aromatic rings. The molecule has 0 aromatic carbocycles. The molecule has 3 rings (SSSR count). The van der Waals surface area contributed by atoms with Crippen LogP contribution in [0.25, 0.3) is 0 Å². The quantitative estimate of drug-likeness (QED) is 0.861. The minimum Gasteiger partial charge on any atom is -0.449 e. The number of ether oxygens (including phenoxy) is 1. The number of aromatic nitrogens is 1. The summed E-state index contributed by atoms with van der Waals surface area (Å²) in [6, 6.07) is 0. The lowest BCUT2D eigenvalue weighted by Crippen LogP contribution is -2.49.